The quantitative estimate of drug-likeness (QED) is 0.564. The van der Waals surface area contributed by atoms with Crippen LogP contribution in [0.5, 0.6) is 0 Å². The van der Waals surface area contributed by atoms with Crippen LogP contribution in [0.15, 0.2) is 0 Å². The van der Waals surface area contributed by atoms with Crippen molar-refractivity contribution in [3.05, 3.63) is 0 Å². The second-order valence-electron chi connectivity index (χ2n) is 2.99. The van der Waals surface area contributed by atoms with Crippen molar-refractivity contribution in [3.63, 3.8) is 0 Å². The van der Waals surface area contributed by atoms with Gasteiger partial charge in [-0.15, -0.1) is 0 Å². The van der Waals surface area contributed by atoms with Gasteiger partial charge in [0, 0.05) is 0 Å². The highest BCUT2D eigenvalue weighted by molar-refractivity contribution is 5.73. The molecule has 1 fully saturated rings. The standard InChI is InChI=1S/C8H11NO3/c1-12-8(11)7-3-6(10)2-5(7)4-9/h5-7,10H,2-3H2,1H3/t5-,6+,7+/m0/s1. The van der Waals surface area contributed by atoms with Crippen molar-refractivity contribution in [2.45, 2.75) is 18.9 Å². The average molecular weight is 169 g/mol. The highest BCUT2D eigenvalue weighted by Crippen LogP contribution is 2.32. The van der Waals surface area contributed by atoms with Gasteiger partial charge < -0.3 is 9.84 Å². The molecule has 0 bridgehead atoms. The molecule has 0 aromatic carbocycles. The molecule has 0 spiro atoms. The van der Waals surface area contributed by atoms with Crippen LogP contribution in [0.4, 0.5) is 0 Å². The fraction of sp³-hybridized carbons (Fsp3) is 0.750. The summed E-state index contributed by atoms with van der Waals surface area (Å²) in [5.41, 5.74) is 0. The molecule has 1 saturated carbocycles. The smallest absolute Gasteiger partial charge is 0.310 e. The molecule has 12 heavy (non-hydrogen) atoms. The van der Waals surface area contributed by atoms with E-state index in [1.165, 1.54) is 7.11 Å². The van der Waals surface area contributed by atoms with E-state index in [0.717, 1.165) is 0 Å². The molecule has 66 valence electrons. The third kappa shape index (κ3) is 1.56. The van der Waals surface area contributed by atoms with Gasteiger partial charge >= 0.3 is 5.97 Å². The van der Waals surface area contributed by atoms with Gasteiger partial charge in [-0.2, -0.15) is 5.26 Å². The maximum absolute atomic E-state index is 11.0. The number of hydrogen-bond acceptors (Lipinski definition) is 4. The molecule has 1 aliphatic rings. The van der Waals surface area contributed by atoms with Crippen LogP contribution in [-0.4, -0.2) is 24.3 Å². The van der Waals surface area contributed by atoms with Crippen LogP contribution in [0.3, 0.4) is 0 Å². The fourth-order valence-corrected chi connectivity index (χ4v) is 1.57. The molecule has 4 nitrogen and oxygen atoms in total. The predicted molar refractivity (Wildman–Crippen MR) is 39.8 cm³/mol. The molecule has 0 saturated heterocycles. The second-order valence-corrected chi connectivity index (χ2v) is 2.99. The number of hydrogen-bond donors (Lipinski definition) is 1. The Morgan fingerprint density at radius 2 is 2.33 bits per heavy atom. The van der Waals surface area contributed by atoms with Gasteiger partial charge in [-0.25, -0.2) is 0 Å². The molecule has 0 aromatic heterocycles. The van der Waals surface area contributed by atoms with E-state index >= 15 is 0 Å². The Balaban J connectivity index is 2.65. The van der Waals surface area contributed by atoms with E-state index in [2.05, 4.69) is 4.74 Å². The zero-order chi connectivity index (χ0) is 9.14. The molecule has 1 aliphatic carbocycles. The summed E-state index contributed by atoms with van der Waals surface area (Å²) >= 11 is 0. The number of esters is 1. The van der Waals surface area contributed by atoms with Crippen molar-refractivity contribution in [1.82, 2.24) is 0 Å². The minimum absolute atomic E-state index is 0.352. The highest BCUT2D eigenvalue weighted by atomic mass is 16.5. The molecule has 0 heterocycles. The number of rotatable bonds is 1. The van der Waals surface area contributed by atoms with Gasteiger partial charge in [-0.3, -0.25) is 4.79 Å². The number of nitrogens with zero attached hydrogens (tertiary/aromatic N) is 1. The normalized spacial score (nSPS) is 34.2. The topological polar surface area (TPSA) is 70.3 Å². The Bertz CT molecular complexity index is 221. The number of ether oxygens (including phenoxy) is 1. The molecular formula is C8H11NO3. The number of carbonyl (C=O) groups is 1. The lowest BCUT2D eigenvalue weighted by Crippen LogP contribution is -2.19. The van der Waals surface area contributed by atoms with Gasteiger partial charge in [-0.05, 0) is 12.8 Å². The average Bonchev–Trinajstić information content (AvgIpc) is 2.45. The third-order valence-corrected chi connectivity index (χ3v) is 2.21. The Hall–Kier alpha value is -1.08. The third-order valence-electron chi connectivity index (χ3n) is 2.21. The maximum Gasteiger partial charge on any atom is 0.310 e. The summed E-state index contributed by atoms with van der Waals surface area (Å²) in [4.78, 5) is 11.0. The zero-order valence-electron chi connectivity index (χ0n) is 6.86. The van der Waals surface area contributed by atoms with Gasteiger partial charge in [0.1, 0.15) is 0 Å². The first kappa shape index (κ1) is 9.01. The van der Waals surface area contributed by atoms with E-state index in [0.29, 0.717) is 12.8 Å². The van der Waals surface area contributed by atoms with Gasteiger partial charge in [0.15, 0.2) is 0 Å². The lowest BCUT2D eigenvalue weighted by molar-refractivity contribution is -0.146. The van der Waals surface area contributed by atoms with Crippen LogP contribution in [0.25, 0.3) is 0 Å². The minimum atomic E-state index is -0.529. The Morgan fingerprint density at radius 3 is 2.83 bits per heavy atom. The minimum Gasteiger partial charge on any atom is -0.469 e. The molecule has 0 amide bonds. The monoisotopic (exact) mass is 169 g/mol. The number of aliphatic hydroxyl groups is 1. The Labute approximate surface area is 70.7 Å². The van der Waals surface area contributed by atoms with Crippen LogP contribution >= 0.6 is 0 Å². The van der Waals surface area contributed by atoms with E-state index in [9.17, 15) is 9.90 Å². The number of nitriles is 1. The van der Waals surface area contributed by atoms with Crippen LogP contribution in [-0.2, 0) is 9.53 Å². The van der Waals surface area contributed by atoms with Gasteiger partial charge in [-0.1, -0.05) is 0 Å². The number of aliphatic hydroxyl groups excluding tert-OH is 1. The molecule has 4 heteroatoms. The summed E-state index contributed by atoms with van der Waals surface area (Å²) in [7, 11) is 1.29. The summed E-state index contributed by atoms with van der Waals surface area (Å²) in [6.45, 7) is 0. The molecule has 0 aromatic rings. The van der Waals surface area contributed by atoms with Crippen molar-refractivity contribution in [1.29, 1.82) is 5.26 Å². The van der Waals surface area contributed by atoms with E-state index in [1.807, 2.05) is 6.07 Å². The lowest BCUT2D eigenvalue weighted by Gasteiger charge is -2.08. The first-order chi connectivity index (χ1) is 5.69. The van der Waals surface area contributed by atoms with E-state index in [1.54, 1.807) is 0 Å². The van der Waals surface area contributed by atoms with Crippen LogP contribution in [0.2, 0.25) is 0 Å². The molecule has 1 N–H and O–H groups in total. The van der Waals surface area contributed by atoms with Crippen LogP contribution in [0, 0.1) is 23.2 Å². The SMILES string of the molecule is COC(=O)[C@@H]1C[C@H](O)C[C@H]1C#N. The van der Waals surface area contributed by atoms with Crippen molar-refractivity contribution in [2.24, 2.45) is 11.8 Å². The van der Waals surface area contributed by atoms with Gasteiger partial charge in [0.2, 0.25) is 0 Å². The maximum atomic E-state index is 11.0. The Kier molecular flexibility index (Phi) is 2.66. The number of carbonyl (C=O) groups excluding carboxylic acids is 1. The van der Waals surface area contributed by atoms with E-state index in [4.69, 9.17) is 5.26 Å². The second kappa shape index (κ2) is 3.55. The van der Waals surface area contributed by atoms with Crippen molar-refractivity contribution in [2.75, 3.05) is 7.11 Å². The summed E-state index contributed by atoms with van der Waals surface area (Å²) in [5.74, 6) is -1.21. The molecular weight excluding hydrogens is 158 g/mol. The molecule has 0 aliphatic heterocycles. The molecule has 0 unspecified atom stereocenters. The van der Waals surface area contributed by atoms with Crippen LogP contribution < -0.4 is 0 Å². The lowest BCUT2D eigenvalue weighted by atomic mass is 9.98. The molecule has 0 radical (unpaired) electrons. The van der Waals surface area contributed by atoms with E-state index in [-0.39, 0.29) is 5.92 Å². The predicted octanol–water partition coefficient (Wildman–Crippen LogP) is 0.0701. The Morgan fingerprint density at radius 1 is 1.67 bits per heavy atom. The molecule has 1 rings (SSSR count). The largest absolute Gasteiger partial charge is 0.469 e. The summed E-state index contributed by atoms with van der Waals surface area (Å²) in [5, 5.41) is 17.8. The zero-order valence-corrected chi connectivity index (χ0v) is 6.86. The van der Waals surface area contributed by atoms with Crippen molar-refractivity contribution < 1.29 is 14.6 Å². The highest BCUT2D eigenvalue weighted by Gasteiger charge is 2.38. The summed E-state index contributed by atoms with van der Waals surface area (Å²) in [6, 6.07) is 2.00. The fourth-order valence-electron chi connectivity index (χ4n) is 1.57. The number of methoxy groups -OCH3 is 1. The first-order valence-corrected chi connectivity index (χ1v) is 3.84. The van der Waals surface area contributed by atoms with Gasteiger partial charge in [0.05, 0.1) is 31.1 Å². The first-order valence-electron chi connectivity index (χ1n) is 3.84. The van der Waals surface area contributed by atoms with E-state index < -0.39 is 18.0 Å². The van der Waals surface area contributed by atoms with Crippen molar-refractivity contribution >= 4 is 5.97 Å². The van der Waals surface area contributed by atoms with Crippen molar-refractivity contribution in [3.8, 4) is 6.07 Å². The summed E-state index contributed by atoms with van der Waals surface area (Å²) in [6.07, 6.45) is 0.208. The van der Waals surface area contributed by atoms with Gasteiger partial charge in [0.25, 0.3) is 0 Å². The van der Waals surface area contributed by atoms with Crippen LogP contribution in [0.1, 0.15) is 12.8 Å². The molecule has 3 atom stereocenters. The summed E-state index contributed by atoms with van der Waals surface area (Å²) < 4.78 is 4.51.